The van der Waals surface area contributed by atoms with Crippen molar-refractivity contribution < 1.29 is 14.3 Å². The third-order valence-electron chi connectivity index (χ3n) is 6.19. The normalized spacial score (nSPS) is 17.4. The van der Waals surface area contributed by atoms with Gasteiger partial charge in [-0.3, -0.25) is 4.79 Å². The van der Waals surface area contributed by atoms with Gasteiger partial charge in [-0.05, 0) is 61.6 Å². The second kappa shape index (κ2) is 10.5. The van der Waals surface area contributed by atoms with Crippen molar-refractivity contribution in [2.24, 2.45) is 0 Å². The first-order valence-corrected chi connectivity index (χ1v) is 11.6. The predicted octanol–water partition coefficient (Wildman–Crippen LogP) is 5.48. The van der Waals surface area contributed by atoms with Gasteiger partial charge in [0.2, 0.25) is 0 Å². The van der Waals surface area contributed by atoms with Crippen LogP contribution in [0.1, 0.15) is 41.3 Å². The second-order valence-electron chi connectivity index (χ2n) is 8.51. The van der Waals surface area contributed by atoms with Crippen LogP contribution >= 0.6 is 0 Å². The van der Waals surface area contributed by atoms with Crippen molar-refractivity contribution in [2.75, 3.05) is 32.2 Å². The molecule has 1 heterocycles. The van der Waals surface area contributed by atoms with Crippen molar-refractivity contribution in [3.05, 3.63) is 95.6 Å². The number of anilines is 1. The molecule has 0 saturated carbocycles. The molecule has 5 nitrogen and oxygen atoms in total. The van der Waals surface area contributed by atoms with E-state index in [1.54, 1.807) is 7.11 Å². The predicted molar refractivity (Wildman–Crippen MR) is 132 cm³/mol. The first-order valence-electron chi connectivity index (χ1n) is 11.6. The number of carbonyl (C=O) groups excluding carboxylic acids is 1. The Morgan fingerprint density at radius 1 is 0.879 bits per heavy atom. The molecule has 0 aliphatic carbocycles. The molecule has 0 fully saturated rings. The summed E-state index contributed by atoms with van der Waals surface area (Å²) in [5, 5.41) is 3.61. The average molecular weight is 445 g/mol. The van der Waals surface area contributed by atoms with Gasteiger partial charge < -0.3 is 19.7 Å². The maximum atomic E-state index is 13.4. The Hall–Kier alpha value is -3.31. The van der Waals surface area contributed by atoms with Crippen LogP contribution in [0.4, 0.5) is 5.69 Å². The highest BCUT2D eigenvalue weighted by atomic mass is 16.5. The fourth-order valence-electron chi connectivity index (χ4n) is 4.36. The number of fused-ring (bicyclic) bond motifs is 1. The zero-order valence-electron chi connectivity index (χ0n) is 19.4. The molecule has 4 rings (SSSR count). The van der Waals surface area contributed by atoms with Gasteiger partial charge in [-0.25, -0.2) is 0 Å². The molecule has 33 heavy (non-hydrogen) atoms. The monoisotopic (exact) mass is 444 g/mol. The van der Waals surface area contributed by atoms with Crippen molar-refractivity contribution in [1.82, 2.24) is 4.90 Å². The van der Waals surface area contributed by atoms with E-state index in [9.17, 15) is 4.79 Å². The Morgan fingerprint density at radius 2 is 1.61 bits per heavy atom. The van der Waals surface area contributed by atoms with Gasteiger partial charge in [0.15, 0.2) is 0 Å². The summed E-state index contributed by atoms with van der Waals surface area (Å²) in [6.45, 7) is 3.93. The fourth-order valence-corrected chi connectivity index (χ4v) is 4.36. The van der Waals surface area contributed by atoms with Crippen molar-refractivity contribution in [1.29, 1.82) is 0 Å². The summed E-state index contributed by atoms with van der Waals surface area (Å²) in [5.41, 5.74) is 3.23. The van der Waals surface area contributed by atoms with Gasteiger partial charge in [0, 0.05) is 25.9 Å². The number of rotatable bonds is 10. The van der Waals surface area contributed by atoms with Crippen LogP contribution in [0, 0.1) is 0 Å². The van der Waals surface area contributed by atoms with E-state index in [-0.39, 0.29) is 5.91 Å². The highest BCUT2D eigenvalue weighted by Crippen LogP contribution is 2.38. The van der Waals surface area contributed by atoms with Crippen LogP contribution in [0.25, 0.3) is 0 Å². The van der Waals surface area contributed by atoms with E-state index in [0.29, 0.717) is 25.3 Å². The third-order valence-corrected chi connectivity index (χ3v) is 6.19. The number of amides is 1. The Morgan fingerprint density at radius 3 is 2.36 bits per heavy atom. The highest BCUT2D eigenvalue weighted by molar-refractivity contribution is 6.02. The van der Waals surface area contributed by atoms with Gasteiger partial charge in [0.1, 0.15) is 11.4 Å². The summed E-state index contributed by atoms with van der Waals surface area (Å²) in [4.78, 5) is 15.3. The minimum Gasteiger partial charge on any atom is -0.494 e. The number of nitrogens with one attached hydrogen (secondary N) is 1. The van der Waals surface area contributed by atoms with Gasteiger partial charge in [-0.15, -0.1) is 0 Å². The smallest absolute Gasteiger partial charge is 0.258 e. The minimum absolute atomic E-state index is 0.0317. The standard InChI is InChI=1S/C28H32N2O3/c1-28(29-26-14-7-6-13-25(26)27(31)30(28)19-9-20-32-2)23-15-17-24(18-16-23)33-21-8-12-22-10-4-3-5-11-22/h3-7,10-11,13-18,29H,8-9,12,19-21H2,1-2H3. The molecule has 1 atom stereocenters. The molecule has 3 aromatic rings. The molecule has 0 saturated heterocycles. The second-order valence-corrected chi connectivity index (χ2v) is 8.51. The summed E-state index contributed by atoms with van der Waals surface area (Å²) >= 11 is 0. The zero-order chi connectivity index (χ0) is 23.1. The van der Waals surface area contributed by atoms with E-state index in [1.165, 1.54) is 5.56 Å². The van der Waals surface area contributed by atoms with Gasteiger partial charge >= 0.3 is 0 Å². The Labute approximate surface area is 196 Å². The van der Waals surface area contributed by atoms with Crippen LogP contribution < -0.4 is 10.1 Å². The maximum Gasteiger partial charge on any atom is 0.258 e. The molecule has 0 spiro atoms. The summed E-state index contributed by atoms with van der Waals surface area (Å²) < 4.78 is 11.2. The lowest BCUT2D eigenvalue weighted by molar-refractivity contribution is 0.0504. The first-order chi connectivity index (χ1) is 16.1. The van der Waals surface area contributed by atoms with E-state index in [0.717, 1.165) is 36.3 Å². The van der Waals surface area contributed by atoms with Gasteiger partial charge in [-0.1, -0.05) is 54.6 Å². The van der Waals surface area contributed by atoms with Crippen LogP contribution in [0.2, 0.25) is 0 Å². The molecule has 1 amide bonds. The quantitative estimate of drug-likeness (QED) is 0.421. The first kappa shape index (κ1) is 22.9. The number of benzene rings is 3. The summed E-state index contributed by atoms with van der Waals surface area (Å²) in [6.07, 6.45) is 2.73. The highest BCUT2D eigenvalue weighted by Gasteiger charge is 2.42. The van der Waals surface area contributed by atoms with Gasteiger partial charge in [0.25, 0.3) is 5.91 Å². The van der Waals surface area contributed by atoms with E-state index in [4.69, 9.17) is 9.47 Å². The molecule has 1 N–H and O–H groups in total. The van der Waals surface area contributed by atoms with Crippen molar-refractivity contribution in [2.45, 2.75) is 31.8 Å². The number of methoxy groups -OCH3 is 1. The molecule has 172 valence electrons. The van der Waals surface area contributed by atoms with Gasteiger partial charge in [-0.2, -0.15) is 0 Å². The molecular weight excluding hydrogens is 412 g/mol. The lowest BCUT2D eigenvalue weighted by Crippen LogP contribution is -2.56. The molecule has 1 unspecified atom stereocenters. The van der Waals surface area contributed by atoms with Crippen LogP contribution in [-0.4, -0.2) is 37.7 Å². The third kappa shape index (κ3) is 5.20. The van der Waals surface area contributed by atoms with Crippen molar-refractivity contribution in [3.63, 3.8) is 0 Å². The van der Waals surface area contributed by atoms with Crippen molar-refractivity contribution >= 4 is 11.6 Å². The van der Waals surface area contributed by atoms with E-state index >= 15 is 0 Å². The van der Waals surface area contributed by atoms with Gasteiger partial charge in [0.05, 0.1) is 12.2 Å². The summed E-state index contributed by atoms with van der Waals surface area (Å²) in [5.74, 6) is 0.869. The number of aryl methyl sites for hydroxylation is 1. The van der Waals surface area contributed by atoms with Crippen molar-refractivity contribution in [3.8, 4) is 5.75 Å². The Kier molecular flexibility index (Phi) is 7.30. The molecule has 0 aromatic heterocycles. The van der Waals surface area contributed by atoms with Crippen LogP contribution in [-0.2, 0) is 16.8 Å². The average Bonchev–Trinajstić information content (AvgIpc) is 2.85. The number of hydrogen-bond acceptors (Lipinski definition) is 4. The molecule has 3 aromatic carbocycles. The zero-order valence-corrected chi connectivity index (χ0v) is 19.4. The minimum atomic E-state index is -0.662. The lowest BCUT2D eigenvalue weighted by atomic mass is 9.93. The van der Waals surface area contributed by atoms with E-state index < -0.39 is 5.66 Å². The Bertz CT molecular complexity index is 1050. The SMILES string of the molecule is COCCCN1C(=O)c2ccccc2NC1(C)c1ccc(OCCCc2ccccc2)cc1. The van der Waals surface area contributed by atoms with Crippen LogP contribution in [0.3, 0.4) is 0 Å². The molecular formula is C28H32N2O3. The largest absolute Gasteiger partial charge is 0.494 e. The number of nitrogens with zero attached hydrogens (tertiary/aromatic N) is 1. The van der Waals surface area contributed by atoms with E-state index in [1.807, 2.05) is 59.5 Å². The van der Waals surface area contributed by atoms with E-state index in [2.05, 4.69) is 36.5 Å². The topological polar surface area (TPSA) is 50.8 Å². The summed E-state index contributed by atoms with van der Waals surface area (Å²) in [7, 11) is 1.68. The molecule has 1 aliphatic heterocycles. The number of hydrogen-bond donors (Lipinski definition) is 1. The number of ether oxygens (including phenoxy) is 2. The van der Waals surface area contributed by atoms with Crippen LogP contribution in [0.15, 0.2) is 78.9 Å². The molecule has 1 aliphatic rings. The Balaban J connectivity index is 1.46. The number of para-hydroxylation sites is 1. The molecule has 5 heteroatoms. The molecule has 0 radical (unpaired) electrons. The lowest BCUT2D eigenvalue weighted by Gasteiger charge is -2.47. The fraction of sp³-hybridized carbons (Fsp3) is 0.321. The van der Waals surface area contributed by atoms with Crippen LogP contribution in [0.5, 0.6) is 5.75 Å². The molecule has 0 bridgehead atoms. The summed E-state index contributed by atoms with van der Waals surface area (Å²) in [6, 6.07) is 26.2. The maximum absolute atomic E-state index is 13.4. The number of carbonyl (C=O) groups is 1.